The predicted octanol–water partition coefficient (Wildman–Crippen LogP) is 2.38. The molecular formula is C17H16N4O3S2. The SMILES string of the molecule is COc1ccc(-c2cccc(C3CN4N=C(S(N)(=O)=O)SC4=N3)c2)cc1. The number of nitrogens with two attached hydrogens (primary N) is 1. The van der Waals surface area contributed by atoms with Crippen LogP contribution in [0.25, 0.3) is 11.1 Å². The Morgan fingerprint density at radius 1 is 1.19 bits per heavy atom. The zero-order chi connectivity index (χ0) is 18.3. The fourth-order valence-electron chi connectivity index (χ4n) is 2.85. The van der Waals surface area contributed by atoms with Crippen molar-refractivity contribution >= 4 is 31.3 Å². The normalized spacial score (nSPS) is 19.2. The molecule has 2 aliphatic heterocycles. The van der Waals surface area contributed by atoms with Crippen LogP contribution in [0.15, 0.2) is 58.6 Å². The Bertz CT molecular complexity index is 1020. The van der Waals surface area contributed by atoms with Crippen LogP contribution in [0.2, 0.25) is 0 Å². The molecule has 2 aromatic rings. The van der Waals surface area contributed by atoms with Crippen molar-refractivity contribution in [3.63, 3.8) is 0 Å². The van der Waals surface area contributed by atoms with Gasteiger partial charge in [-0.25, -0.2) is 18.6 Å². The maximum atomic E-state index is 11.4. The average molecular weight is 388 g/mol. The third-order valence-electron chi connectivity index (χ3n) is 4.15. The van der Waals surface area contributed by atoms with E-state index < -0.39 is 10.0 Å². The molecular weight excluding hydrogens is 372 g/mol. The summed E-state index contributed by atoms with van der Waals surface area (Å²) in [4.78, 5) is 4.60. The van der Waals surface area contributed by atoms with Crippen LogP contribution >= 0.6 is 11.8 Å². The van der Waals surface area contributed by atoms with E-state index in [4.69, 9.17) is 9.88 Å². The fourth-order valence-corrected chi connectivity index (χ4v) is 4.44. The van der Waals surface area contributed by atoms with Gasteiger partial charge in [0.05, 0.1) is 19.7 Å². The zero-order valence-corrected chi connectivity index (χ0v) is 15.5. The number of methoxy groups -OCH3 is 1. The van der Waals surface area contributed by atoms with Gasteiger partial charge in [0, 0.05) is 0 Å². The maximum Gasteiger partial charge on any atom is 0.264 e. The summed E-state index contributed by atoms with van der Waals surface area (Å²) in [6.07, 6.45) is 0. The summed E-state index contributed by atoms with van der Waals surface area (Å²) in [5.74, 6) is 0.813. The number of benzene rings is 2. The molecule has 26 heavy (non-hydrogen) atoms. The first-order valence-corrected chi connectivity index (χ1v) is 10.2. The van der Waals surface area contributed by atoms with Crippen molar-refractivity contribution < 1.29 is 13.2 Å². The molecule has 134 valence electrons. The first-order valence-electron chi connectivity index (χ1n) is 7.83. The van der Waals surface area contributed by atoms with E-state index in [0.717, 1.165) is 34.2 Å². The minimum Gasteiger partial charge on any atom is -0.497 e. The Hall–Kier alpha value is -2.36. The van der Waals surface area contributed by atoms with Crippen LogP contribution in [0.1, 0.15) is 11.6 Å². The molecule has 0 amide bonds. The molecule has 1 unspecified atom stereocenters. The Morgan fingerprint density at radius 2 is 1.96 bits per heavy atom. The molecule has 0 saturated carbocycles. The fraction of sp³-hybridized carbons (Fsp3) is 0.176. The number of aliphatic imine (C=N–C) groups is 1. The molecule has 0 radical (unpaired) electrons. The number of thioether (sulfide) groups is 1. The molecule has 4 rings (SSSR count). The van der Waals surface area contributed by atoms with Crippen LogP contribution in [0.5, 0.6) is 5.75 Å². The van der Waals surface area contributed by atoms with Gasteiger partial charge in [0.15, 0.2) is 5.17 Å². The molecule has 0 saturated heterocycles. The highest BCUT2D eigenvalue weighted by Crippen LogP contribution is 2.35. The van der Waals surface area contributed by atoms with Crippen molar-refractivity contribution in [3.05, 3.63) is 54.1 Å². The smallest absolute Gasteiger partial charge is 0.264 e. The Kier molecular flexibility index (Phi) is 4.22. The number of hydrogen-bond acceptors (Lipinski definition) is 7. The highest BCUT2D eigenvalue weighted by Gasteiger charge is 2.36. The summed E-state index contributed by atoms with van der Waals surface area (Å²) < 4.78 is 27.9. The van der Waals surface area contributed by atoms with Crippen molar-refractivity contribution in [2.75, 3.05) is 13.7 Å². The predicted molar refractivity (Wildman–Crippen MR) is 103 cm³/mol. The van der Waals surface area contributed by atoms with Crippen LogP contribution in [0, 0.1) is 0 Å². The minimum atomic E-state index is -3.80. The molecule has 0 aromatic heterocycles. The second kappa shape index (κ2) is 6.42. The lowest BCUT2D eigenvalue weighted by atomic mass is 10.00. The molecule has 9 heteroatoms. The number of primary sulfonamides is 1. The van der Waals surface area contributed by atoms with Gasteiger partial charge in [0.2, 0.25) is 4.38 Å². The van der Waals surface area contributed by atoms with Gasteiger partial charge >= 0.3 is 0 Å². The second-order valence-corrected chi connectivity index (χ2v) is 8.57. The van der Waals surface area contributed by atoms with Crippen LogP contribution in [-0.4, -0.2) is 36.6 Å². The van der Waals surface area contributed by atoms with Gasteiger partial charge in [-0.3, -0.25) is 4.99 Å². The molecule has 7 nitrogen and oxygen atoms in total. The van der Waals surface area contributed by atoms with Crippen molar-refractivity contribution in [1.29, 1.82) is 0 Å². The number of sulfonamides is 1. The van der Waals surface area contributed by atoms with Crippen molar-refractivity contribution in [1.82, 2.24) is 5.01 Å². The topological polar surface area (TPSA) is 97.3 Å². The summed E-state index contributed by atoms with van der Waals surface area (Å²) in [6, 6.07) is 15.9. The van der Waals surface area contributed by atoms with Gasteiger partial charge < -0.3 is 4.74 Å². The van der Waals surface area contributed by atoms with Gasteiger partial charge in [-0.05, 0) is 46.7 Å². The molecule has 0 bridgehead atoms. The number of hydrogen-bond donors (Lipinski definition) is 1. The largest absolute Gasteiger partial charge is 0.497 e. The highest BCUT2D eigenvalue weighted by atomic mass is 32.3. The highest BCUT2D eigenvalue weighted by molar-refractivity contribution is 8.42. The molecule has 0 aliphatic carbocycles. The molecule has 0 spiro atoms. The van der Waals surface area contributed by atoms with Crippen LogP contribution < -0.4 is 9.88 Å². The van der Waals surface area contributed by atoms with E-state index in [1.54, 1.807) is 12.1 Å². The van der Waals surface area contributed by atoms with Crippen molar-refractivity contribution in [2.45, 2.75) is 6.04 Å². The average Bonchev–Trinajstić information content (AvgIpc) is 3.21. The third-order valence-corrected chi connectivity index (χ3v) is 6.42. The lowest BCUT2D eigenvalue weighted by Gasteiger charge is -2.11. The number of ether oxygens (including phenoxy) is 1. The van der Waals surface area contributed by atoms with Crippen molar-refractivity contribution in [3.8, 4) is 16.9 Å². The molecule has 0 fully saturated rings. The Morgan fingerprint density at radius 3 is 2.62 bits per heavy atom. The summed E-state index contributed by atoms with van der Waals surface area (Å²) in [5, 5.41) is 11.3. The van der Waals surface area contributed by atoms with E-state index in [0.29, 0.717) is 11.7 Å². The molecule has 2 aliphatic rings. The minimum absolute atomic E-state index is 0.0959. The van der Waals surface area contributed by atoms with E-state index in [1.807, 2.05) is 42.5 Å². The first-order chi connectivity index (χ1) is 12.4. The monoisotopic (exact) mass is 388 g/mol. The number of fused-ring (bicyclic) bond motifs is 1. The summed E-state index contributed by atoms with van der Waals surface area (Å²) in [6.45, 7) is 0.493. The summed E-state index contributed by atoms with van der Waals surface area (Å²) >= 11 is 0.990. The lowest BCUT2D eigenvalue weighted by Crippen LogP contribution is -2.20. The second-order valence-electron chi connectivity index (χ2n) is 5.88. The van der Waals surface area contributed by atoms with Gasteiger partial charge in [-0.1, -0.05) is 30.3 Å². The van der Waals surface area contributed by atoms with Gasteiger partial charge in [0.1, 0.15) is 5.75 Å². The van der Waals surface area contributed by atoms with Crippen LogP contribution in [-0.2, 0) is 10.0 Å². The molecule has 1 atom stereocenters. The van der Waals surface area contributed by atoms with Crippen LogP contribution in [0.4, 0.5) is 0 Å². The summed E-state index contributed by atoms with van der Waals surface area (Å²) in [7, 11) is -2.15. The van der Waals surface area contributed by atoms with E-state index >= 15 is 0 Å². The molecule has 2 heterocycles. The van der Waals surface area contributed by atoms with E-state index in [9.17, 15) is 8.42 Å². The Labute approximate surface area is 155 Å². The molecule has 2 N–H and O–H groups in total. The van der Waals surface area contributed by atoms with Gasteiger partial charge in [-0.2, -0.15) is 0 Å². The number of rotatable bonds is 3. The Balaban J connectivity index is 1.56. The zero-order valence-electron chi connectivity index (χ0n) is 13.9. The standard InChI is InChI=1S/C17H16N4O3S2/c1-24-14-7-5-11(6-8-14)12-3-2-4-13(9-12)15-10-21-16(19-15)25-17(20-21)26(18,22)23/h2-9,15H,10H2,1H3,(H2,18,22,23). The van der Waals surface area contributed by atoms with E-state index in [-0.39, 0.29) is 10.4 Å². The van der Waals surface area contributed by atoms with Crippen molar-refractivity contribution in [2.24, 2.45) is 15.2 Å². The van der Waals surface area contributed by atoms with E-state index in [1.165, 1.54) is 0 Å². The quantitative estimate of drug-likeness (QED) is 0.871. The number of amidine groups is 1. The van der Waals surface area contributed by atoms with E-state index in [2.05, 4.69) is 16.2 Å². The molecule has 2 aromatic carbocycles. The summed E-state index contributed by atoms with van der Waals surface area (Å²) in [5.41, 5.74) is 3.22. The number of hydrazone groups is 1. The third kappa shape index (κ3) is 3.20. The van der Waals surface area contributed by atoms with Gasteiger partial charge in [0.25, 0.3) is 10.0 Å². The van der Waals surface area contributed by atoms with Gasteiger partial charge in [-0.15, -0.1) is 5.10 Å². The maximum absolute atomic E-state index is 11.4. The number of nitrogens with zero attached hydrogens (tertiary/aromatic N) is 3. The first kappa shape index (κ1) is 17.1. The van der Waals surface area contributed by atoms with Crippen LogP contribution in [0.3, 0.4) is 0 Å². The lowest BCUT2D eigenvalue weighted by molar-refractivity contribution is 0.415.